The van der Waals surface area contributed by atoms with Crippen LogP contribution in [-0.2, 0) is 6.54 Å². The number of hydrogen-bond acceptors (Lipinski definition) is 6. The lowest BCUT2D eigenvalue weighted by Crippen LogP contribution is -2.35. The predicted octanol–water partition coefficient (Wildman–Crippen LogP) is 2.38. The highest BCUT2D eigenvalue weighted by atomic mass is 16.5. The van der Waals surface area contributed by atoms with Gasteiger partial charge in [0.05, 0.1) is 12.6 Å². The second kappa shape index (κ2) is 5.70. The van der Waals surface area contributed by atoms with Crippen LogP contribution in [0, 0.1) is 13.8 Å². The van der Waals surface area contributed by atoms with Crippen molar-refractivity contribution in [3.05, 3.63) is 23.4 Å². The van der Waals surface area contributed by atoms with Gasteiger partial charge in [-0.15, -0.1) is 0 Å². The summed E-state index contributed by atoms with van der Waals surface area (Å²) in [6, 6.07) is 0.605. The Balaban J connectivity index is 1.48. The normalized spacial score (nSPS) is 23.5. The number of likely N-dealkylation sites (tertiary alicyclic amines) is 1. The van der Waals surface area contributed by atoms with Gasteiger partial charge in [0, 0.05) is 12.0 Å². The smallest absolute Gasteiger partial charge is 0.243 e. The van der Waals surface area contributed by atoms with E-state index < -0.39 is 0 Å². The van der Waals surface area contributed by atoms with E-state index in [-0.39, 0.29) is 6.04 Å². The van der Waals surface area contributed by atoms with Crippen molar-refractivity contribution in [2.75, 3.05) is 6.54 Å². The van der Waals surface area contributed by atoms with Gasteiger partial charge in [-0.25, -0.2) is 9.67 Å². The summed E-state index contributed by atoms with van der Waals surface area (Å²) >= 11 is 0. The Labute approximate surface area is 136 Å². The number of aryl methyl sites for hydroxylation is 2. The summed E-state index contributed by atoms with van der Waals surface area (Å²) in [7, 11) is 0. The Bertz CT molecular complexity index is 689. The zero-order chi connectivity index (χ0) is 16.0. The summed E-state index contributed by atoms with van der Waals surface area (Å²) in [5, 5.41) is 8.66. The molecule has 1 aliphatic heterocycles. The van der Waals surface area contributed by atoms with Gasteiger partial charge in [-0.1, -0.05) is 5.16 Å². The third-order valence-corrected chi connectivity index (χ3v) is 5.02. The van der Waals surface area contributed by atoms with E-state index in [9.17, 15) is 0 Å². The van der Waals surface area contributed by atoms with Crippen LogP contribution in [0.15, 0.2) is 4.52 Å². The van der Waals surface area contributed by atoms with Gasteiger partial charge in [0.2, 0.25) is 5.89 Å². The second-order valence-corrected chi connectivity index (χ2v) is 6.86. The maximum absolute atomic E-state index is 5.53. The molecule has 2 aromatic heterocycles. The minimum absolute atomic E-state index is 0.160. The van der Waals surface area contributed by atoms with E-state index in [1.165, 1.54) is 25.7 Å². The molecule has 0 aromatic carbocycles. The van der Waals surface area contributed by atoms with E-state index in [1.54, 1.807) is 0 Å². The molecule has 1 saturated carbocycles. The molecule has 1 saturated heterocycles. The summed E-state index contributed by atoms with van der Waals surface area (Å²) in [5.74, 6) is 4.01. The molecule has 0 N–H and O–H groups in total. The highest BCUT2D eigenvalue weighted by molar-refractivity contribution is 5.05. The molecule has 1 aliphatic carbocycles. The molecule has 0 bridgehead atoms. The standard InChI is InChI=1S/C16H24N6O/c1-10(16-18-15(20-23-16)13-6-7-13)21-8-4-5-14(21)9-22-12(3)17-11(2)19-22/h10,13-14H,4-9H2,1-3H3/t10-,14+/m0/s1. The maximum Gasteiger partial charge on any atom is 0.243 e. The third kappa shape index (κ3) is 2.89. The topological polar surface area (TPSA) is 72.9 Å². The third-order valence-electron chi connectivity index (χ3n) is 5.02. The lowest BCUT2D eigenvalue weighted by Gasteiger charge is -2.28. The number of aromatic nitrogens is 5. The molecule has 0 radical (unpaired) electrons. The van der Waals surface area contributed by atoms with E-state index in [1.807, 2.05) is 18.5 Å². The van der Waals surface area contributed by atoms with Crippen molar-refractivity contribution in [1.82, 2.24) is 29.8 Å². The summed E-state index contributed by atoms with van der Waals surface area (Å²) in [5.41, 5.74) is 0. The first kappa shape index (κ1) is 14.8. The molecular weight excluding hydrogens is 292 g/mol. The van der Waals surface area contributed by atoms with E-state index in [4.69, 9.17) is 4.52 Å². The summed E-state index contributed by atoms with van der Waals surface area (Å²) < 4.78 is 7.55. The van der Waals surface area contributed by atoms with Gasteiger partial charge in [0.15, 0.2) is 5.82 Å². The average Bonchev–Trinajstić information content (AvgIpc) is 2.95. The van der Waals surface area contributed by atoms with Crippen molar-refractivity contribution < 1.29 is 4.52 Å². The molecule has 3 heterocycles. The quantitative estimate of drug-likeness (QED) is 0.843. The Morgan fingerprint density at radius 1 is 1.22 bits per heavy atom. The van der Waals surface area contributed by atoms with Gasteiger partial charge in [-0.3, -0.25) is 4.90 Å². The van der Waals surface area contributed by atoms with Crippen molar-refractivity contribution >= 4 is 0 Å². The first-order valence-corrected chi connectivity index (χ1v) is 8.59. The van der Waals surface area contributed by atoms with Crippen LogP contribution in [0.1, 0.15) is 67.9 Å². The largest absolute Gasteiger partial charge is 0.338 e. The SMILES string of the molecule is Cc1nc(C)n(C[C@H]2CCCN2[C@@H](C)c2nc(C3CC3)no2)n1. The maximum atomic E-state index is 5.53. The first-order valence-electron chi connectivity index (χ1n) is 8.59. The number of hydrogen-bond donors (Lipinski definition) is 0. The minimum atomic E-state index is 0.160. The van der Waals surface area contributed by atoms with E-state index >= 15 is 0 Å². The van der Waals surface area contributed by atoms with Crippen LogP contribution >= 0.6 is 0 Å². The second-order valence-electron chi connectivity index (χ2n) is 6.86. The monoisotopic (exact) mass is 316 g/mol. The fraction of sp³-hybridized carbons (Fsp3) is 0.750. The number of nitrogens with zero attached hydrogens (tertiary/aromatic N) is 6. The van der Waals surface area contributed by atoms with E-state index in [2.05, 4.69) is 32.0 Å². The highest BCUT2D eigenvalue weighted by Gasteiger charge is 2.34. The Morgan fingerprint density at radius 2 is 2.04 bits per heavy atom. The van der Waals surface area contributed by atoms with Gasteiger partial charge >= 0.3 is 0 Å². The molecule has 4 rings (SSSR count). The first-order chi connectivity index (χ1) is 11.1. The van der Waals surface area contributed by atoms with E-state index in [0.29, 0.717) is 12.0 Å². The fourth-order valence-corrected chi connectivity index (χ4v) is 3.56. The molecule has 0 spiro atoms. The molecule has 7 heteroatoms. The summed E-state index contributed by atoms with van der Waals surface area (Å²) in [4.78, 5) is 11.5. The molecule has 2 atom stereocenters. The molecule has 2 aliphatic rings. The molecule has 0 unspecified atom stereocenters. The molecular formula is C16H24N6O. The zero-order valence-electron chi connectivity index (χ0n) is 14.1. The Morgan fingerprint density at radius 3 is 2.74 bits per heavy atom. The van der Waals surface area contributed by atoms with Crippen LogP contribution in [0.5, 0.6) is 0 Å². The van der Waals surface area contributed by atoms with Crippen LogP contribution < -0.4 is 0 Å². The van der Waals surface area contributed by atoms with Crippen LogP contribution in [-0.4, -0.2) is 42.4 Å². The summed E-state index contributed by atoms with van der Waals surface area (Å²) in [6.45, 7) is 8.07. The van der Waals surface area contributed by atoms with Gasteiger partial charge < -0.3 is 4.52 Å². The lowest BCUT2D eigenvalue weighted by atomic mass is 10.2. The zero-order valence-corrected chi connectivity index (χ0v) is 14.1. The van der Waals surface area contributed by atoms with Gasteiger partial charge in [-0.05, 0) is 53.0 Å². The van der Waals surface area contributed by atoms with Crippen LogP contribution in [0.2, 0.25) is 0 Å². The van der Waals surface area contributed by atoms with E-state index in [0.717, 1.165) is 36.5 Å². The van der Waals surface area contributed by atoms with Crippen molar-refractivity contribution in [3.63, 3.8) is 0 Å². The Kier molecular flexibility index (Phi) is 3.67. The molecule has 7 nitrogen and oxygen atoms in total. The molecule has 124 valence electrons. The molecule has 2 fully saturated rings. The number of rotatable bonds is 5. The predicted molar refractivity (Wildman–Crippen MR) is 83.9 cm³/mol. The molecule has 2 aromatic rings. The average molecular weight is 316 g/mol. The van der Waals surface area contributed by atoms with Crippen molar-refractivity contribution in [2.45, 2.75) is 71.0 Å². The van der Waals surface area contributed by atoms with Crippen LogP contribution in [0.3, 0.4) is 0 Å². The Hall–Kier alpha value is -1.76. The lowest BCUT2D eigenvalue weighted by molar-refractivity contribution is 0.143. The summed E-state index contributed by atoms with van der Waals surface area (Å²) in [6.07, 6.45) is 4.77. The van der Waals surface area contributed by atoms with Gasteiger partial charge in [0.25, 0.3) is 0 Å². The van der Waals surface area contributed by atoms with Crippen molar-refractivity contribution in [1.29, 1.82) is 0 Å². The molecule has 0 amide bonds. The van der Waals surface area contributed by atoms with Crippen molar-refractivity contribution in [2.24, 2.45) is 0 Å². The van der Waals surface area contributed by atoms with Gasteiger partial charge in [-0.2, -0.15) is 10.1 Å². The minimum Gasteiger partial charge on any atom is -0.338 e. The highest BCUT2D eigenvalue weighted by Crippen LogP contribution is 2.39. The van der Waals surface area contributed by atoms with Crippen LogP contribution in [0.25, 0.3) is 0 Å². The van der Waals surface area contributed by atoms with Gasteiger partial charge in [0.1, 0.15) is 11.6 Å². The fourth-order valence-electron chi connectivity index (χ4n) is 3.56. The van der Waals surface area contributed by atoms with Crippen LogP contribution in [0.4, 0.5) is 0 Å². The molecule has 23 heavy (non-hydrogen) atoms. The van der Waals surface area contributed by atoms with Crippen molar-refractivity contribution in [3.8, 4) is 0 Å².